The summed E-state index contributed by atoms with van der Waals surface area (Å²) in [6.45, 7) is 4.69. The molecule has 1 aromatic carbocycles. The maximum absolute atomic E-state index is 3.52. The van der Waals surface area contributed by atoms with Gasteiger partial charge >= 0.3 is 0 Å². The summed E-state index contributed by atoms with van der Waals surface area (Å²) >= 11 is 0. The standard InChI is InChI=1S/C16H24N2/c1-2-4-11-18(12-5-3-1)16-8-6-7-14-9-10-17-13-15(14)16/h6-8,17H,1-5,9-13H2. The van der Waals surface area contributed by atoms with Gasteiger partial charge in [-0.15, -0.1) is 0 Å². The quantitative estimate of drug-likeness (QED) is 0.816. The van der Waals surface area contributed by atoms with Gasteiger partial charge in [0.2, 0.25) is 0 Å². The molecule has 0 amide bonds. The lowest BCUT2D eigenvalue weighted by Crippen LogP contribution is -2.31. The molecule has 0 aromatic heterocycles. The Hall–Kier alpha value is -1.02. The Labute approximate surface area is 110 Å². The molecule has 0 bridgehead atoms. The summed E-state index contributed by atoms with van der Waals surface area (Å²) in [5.41, 5.74) is 4.62. The summed E-state index contributed by atoms with van der Waals surface area (Å²) in [4.78, 5) is 2.63. The molecular weight excluding hydrogens is 220 g/mol. The lowest BCUT2D eigenvalue weighted by molar-refractivity contribution is 0.553. The summed E-state index contributed by atoms with van der Waals surface area (Å²) < 4.78 is 0. The van der Waals surface area contributed by atoms with Crippen LogP contribution in [0, 0.1) is 0 Å². The van der Waals surface area contributed by atoms with Crippen molar-refractivity contribution in [3.8, 4) is 0 Å². The highest BCUT2D eigenvalue weighted by molar-refractivity contribution is 5.57. The number of nitrogens with one attached hydrogen (secondary N) is 1. The van der Waals surface area contributed by atoms with Gasteiger partial charge in [0.25, 0.3) is 0 Å². The molecule has 2 heteroatoms. The van der Waals surface area contributed by atoms with Crippen molar-refractivity contribution in [3.05, 3.63) is 29.3 Å². The molecule has 1 fully saturated rings. The maximum atomic E-state index is 3.52. The van der Waals surface area contributed by atoms with Crippen molar-refractivity contribution >= 4 is 5.69 Å². The van der Waals surface area contributed by atoms with Gasteiger partial charge in [0, 0.05) is 25.3 Å². The van der Waals surface area contributed by atoms with E-state index in [-0.39, 0.29) is 0 Å². The van der Waals surface area contributed by atoms with Gasteiger partial charge in [-0.2, -0.15) is 0 Å². The number of anilines is 1. The third-order valence-electron chi connectivity index (χ3n) is 4.32. The van der Waals surface area contributed by atoms with Gasteiger partial charge < -0.3 is 10.2 Å². The molecule has 0 aliphatic carbocycles. The summed E-state index contributed by atoms with van der Waals surface area (Å²) in [5, 5.41) is 3.52. The molecule has 0 saturated carbocycles. The van der Waals surface area contributed by atoms with Crippen LogP contribution >= 0.6 is 0 Å². The Kier molecular flexibility index (Phi) is 3.84. The van der Waals surface area contributed by atoms with E-state index in [4.69, 9.17) is 0 Å². The van der Waals surface area contributed by atoms with Crippen LogP contribution in [0.2, 0.25) is 0 Å². The van der Waals surface area contributed by atoms with Crippen molar-refractivity contribution < 1.29 is 0 Å². The zero-order valence-corrected chi connectivity index (χ0v) is 11.3. The largest absolute Gasteiger partial charge is 0.371 e. The lowest BCUT2D eigenvalue weighted by atomic mass is 9.98. The first kappa shape index (κ1) is 12.0. The highest BCUT2D eigenvalue weighted by atomic mass is 15.1. The van der Waals surface area contributed by atoms with Crippen molar-refractivity contribution in [1.29, 1.82) is 0 Å². The molecule has 2 heterocycles. The molecule has 0 atom stereocenters. The zero-order valence-electron chi connectivity index (χ0n) is 11.3. The molecule has 1 saturated heterocycles. The van der Waals surface area contributed by atoms with Gasteiger partial charge in [-0.1, -0.05) is 31.4 Å². The second-order valence-corrected chi connectivity index (χ2v) is 5.60. The number of fused-ring (bicyclic) bond motifs is 1. The van der Waals surface area contributed by atoms with Crippen molar-refractivity contribution in [2.45, 2.75) is 45.1 Å². The van der Waals surface area contributed by atoms with Crippen LogP contribution in [0.15, 0.2) is 18.2 Å². The highest BCUT2D eigenvalue weighted by Gasteiger charge is 2.17. The van der Waals surface area contributed by atoms with E-state index in [1.54, 1.807) is 11.1 Å². The van der Waals surface area contributed by atoms with Gasteiger partial charge in [-0.05, 0) is 43.0 Å². The number of rotatable bonds is 1. The molecule has 0 spiro atoms. The SMILES string of the molecule is c1cc2c(c(N3CCCCCCC3)c1)CNCC2. The Bertz CT molecular complexity index is 392. The van der Waals surface area contributed by atoms with Crippen LogP contribution in [-0.2, 0) is 13.0 Å². The average molecular weight is 244 g/mol. The molecule has 1 aromatic rings. The predicted octanol–water partition coefficient (Wildman–Crippen LogP) is 3.10. The van der Waals surface area contributed by atoms with Crippen molar-refractivity contribution in [3.63, 3.8) is 0 Å². The summed E-state index contributed by atoms with van der Waals surface area (Å²) in [6, 6.07) is 6.88. The second kappa shape index (κ2) is 5.75. The lowest BCUT2D eigenvalue weighted by Gasteiger charge is -2.31. The Morgan fingerprint density at radius 3 is 2.56 bits per heavy atom. The van der Waals surface area contributed by atoms with Crippen molar-refractivity contribution in [2.24, 2.45) is 0 Å². The molecule has 0 unspecified atom stereocenters. The van der Waals surface area contributed by atoms with Gasteiger partial charge in [-0.3, -0.25) is 0 Å². The van der Waals surface area contributed by atoms with Crippen LogP contribution in [0.25, 0.3) is 0 Å². The Balaban J connectivity index is 1.85. The van der Waals surface area contributed by atoms with E-state index in [0.717, 1.165) is 13.1 Å². The third kappa shape index (κ3) is 2.54. The number of nitrogens with zero attached hydrogens (tertiary/aromatic N) is 1. The van der Waals surface area contributed by atoms with E-state index in [0.29, 0.717) is 0 Å². The molecule has 18 heavy (non-hydrogen) atoms. The normalized spacial score (nSPS) is 21.0. The van der Waals surface area contributed by atoms with Crippen molar-refractivity contribution in [2.75, 3.05) is 24.5 Å². The minimum absolute atomic E-state index is 1.06. The van der Waals surface area contributed by atoms with Gasteiger partial charge in [0.15, 0.2) is 0 Å². The van der Waals surface area contributed by atoms with E-state index < -0.39 is 0 Å². The molecule has 3 rings (SSSR count). The van der Waals surface area contributed by atoms with E-state index in [1.165, 1.54) is 57.3 Å². The molecule has 2 nitrogen and oxygen atoms in total. The van der Waals surface area contributed by atoms with Crippen LogP contribution < -0.4 is 10.2 Å². The Morgan fingerprint density at radius 2 is 1.72 bits per heavy atom. The monoisotopic (exact) mass is 244 g/mol. The van der Waals surface area contributed by atoms with E-state index >= 15 is 0 Å². The number of hydrogen-bond donors (Lipinski definition) is 1. The van der Waals surface area contributed by atoms with Crippen LogP contribution in [0.4, 0.5) is 5.69 Å². The molecular formula is C16H24N2. The van der Waals surface area contributed by atoms with Crippen LogP contribution in [0.5, 0.6) is 0 Å². The first-order valence-electron chi connectivity index (χ1n) is 7.51. The van der Waals surface area contributed by atoms with Gasteiger partial charge in [0.1, 0.15) is 0 Å². The fraction of sp³-hybridized carbons (Fsp3) is 0.625. The molecule has 1 N–H and O–H groups in total. The molecule has 0 radical (unpaired) electrons. The summed E-state index contributed by atoms with van der Waals surface area (Å²) in [6.07, 6.45) is 8.15. The van der Waals surface area contributed by atoms with Crippen LogP contribution in [0.1, 0.15) is 43.2 Å². The van der Waals surface area contributed by atoms with E-state index in [9.17, 15) is 0 Å². The average Bonchev–Trinajstić information content (AvgIpc) is 2.38. The van der Waals surface area contributed by atoms with Crippen LogP contribution in [-0.4, -0.2) is 19.6 Å². The smallest absolute Gasteiger partial charge is 0.0414 e. The molecule has 2 aliphatic rings. The molecule has 2 aliphatic heterocycles. The fourth-order valence-corrected chi connectivity index (χ4v) is 3.28. The second-order valence-electron chi connectivity index (χ2n) is 5.60. The third-order valence-corrected chi connectivity index (χ3v) is 4.32. The van der Waals surface area contributed by atoms with Gasteiger partial charge in [0.05, 0.1) is 0 Å². The first-order valence-corrected chi connectivity index (χ1v) is 7.51. The number of hydrogen-bond acceptors (Lipinski definition) is 2. The Morgan fingerprint density at radius 1 is 0.944 bits per heavy atom. The minimum atomic E-state index is 1.06. The van der Waals surface area contributed by atoms with Crippen LogP contribution in [0.3, 0.4) is 0 Å². The maximum Gasteiger partial charge on any atom is 0.0414 e. The fourth-order valence-electron chi connectivity index (χ4n) is 3.28. The minimum Gasteiger partial charge on any atom is -0.371 e. The highest BCUT2D eigenvalue weighted by Crippen LogP contribution is 2.28. The summed E-state index contributed by atoms with van der Waals surface area (Å²) in [5.74, 6) is 0. The topological polar surface area (TPSA) is 15.3 Å². The predicted molar refractivity (Wildman–Crippen MR) is 77.2 cm³/mol. The number of benzene rings is 1. The first-order chi connectivity index (χ1) is 8.95. The molecule has 98 valence electrons. The summed E-state index contributed by atoms with van der Waals surface area (Å²) in [7, 11) is 0. The zero-order chi connectivity index (χ0) is 12.2. The van der Waals surface area contributed by atoms with Crippen molar-refractivity contribution in [1.82, 2.24) is 5.32 Å². The van der Waals surface area contributed by atoms with E-state index in [1.807, 2.05) is 0 Å². The van der Waals surface area contributed by atoms with E-state index in [2.05, 4.69) is 28.4 Å². The van der Waals surface area contributed by atoms with Gasteiger partial charge in [-0.25, -0.2) is 0 Å².